The van der Waals surface area contributed by atoms with Gasteiger partial charge in [0, 0.05) is 12.7 Å². The predicted molar refractivity (Wildman–Crippen MR) is 80.6 cm³/mol. The molecule has 110 valence electrons. The topological polar surface area (TPSA) is 47.0 Å². The summed E-state index contributed by atoms with van der Waals surface area (Å²) in [5, 5.41) is 3.32. The average molecular weight is 275 g/mol. The summed E-state index contributed by atoms with van der Waals surface area (Å²) in [7, 11) is 0. The molecule has 4 nitrogen and oxygen atoms in total. The Morgan fingerprint density at radius 2 is 2.15 bits per heavy atom. The van der Waals surface area contributed by atoms with Crippen LogP contribution in [-0.4, -0.2) is 23.1 Å². The van der Waals surface area contributed by atoms with E-state index in [2.05, 4.69) is 41.3 Å². The highest BCUT2D eigenvalue weighted by atomic mass is 16.5. The lowest BCUT2D eigenvalue weighted by Gasteiger charge is -2.24. The summed E-state index contributed by atoms with van der Waals surface area (Å²) in [4.78, 5) is 8.69. The van der Waals surface area contributed by atoms with Crippen LogP contribution >= 0.6 is 0 Å². The highest BCUT2D eigenvalue weighted by Crippen LogP contribution is 2.25. The first kappa shape index (κ1) is 15.0. The number of nitrogens with one attached hydrogen (secondary N) is 1. The molecule has 1 aromatic rings. The number of rotatable bonds is 7. The van der Waals surface area contributed by atoms with E-state index in [4.69, 9.17) is 4.74 Å². The van der Waals surface area contributed by atoms with Gasteiger partial charge in [-0.05, 0) is 37.6 Å². The van der Waals surface area contributed by atoms with Crippen LogP contribution in [0.15, 0.2) is 24.5 Å². The van der Waals surface area contributed by atoms with E-state index >= 15 is 0 Å². The Bertz CT molecular complexity index is 433. The summed E-state index contributed by atoms with van der Waals surface area (Å²) in [5.41, 5.74) is 0.938. The van der Waals surface area contributed by atoms with Gasteiger partial charge in [0.15, 0.2) is 0 Å². The minimum absolute atomic E-state index is 0.587. The standard InChI is InChI=1S/C16H25N3O/c1-3-8-17-9-15-10-18-11-16(19-15)20-12-14-7-5-4-6-13(14)2/h4-5,10-11,13-14,17H,3,6-9,12H2,1-2H3. The fraction of sp³-hybridized carbons (Fsp3) is 0.625. The molecular weight excluding hydrogens is 250 g/mol. The minimum atomic E-state index is 0.587. The van der Waals surface area contributed by atoms with Crippen molar-refractivity contribution in [2.75, 3.05) is 13.2 Å². The van der Waals surface area contributed by atoms with Crippen LogP contribution in [0.1, 0.15) is 38.8 Å². The molecular formula is C16H25N3O. The first-order chi connectivity index (χ1) is 9.79. The molecule has 2 unspecified atom stereocenters. The van der Waals surface area contributed by atoms with E-state index in [0.717, 1.165) is 44.7 Å². The molecule has 1 aliphatic rings. The van der Waals surface area contributed by atoms with Gasteiger partial charge in [-0.3, -0.25) is 4.98 Å². The van der Waals surface area contributed by atoms with Gasteiger partial charge >= 0.3 is 0 Å². The van der Waals surface area contributed by atoms with Gasteiger partial charge in [-0.25, -0.2) is 4.98 Å². The average Bonchev–Trinajstić information content (AvgIpc) is 2.47. The lowest BCUT2D eigenvalue weighted by atomic mass is 9.85. The predicted octanol–water partition coefficient (Wildman–Crippen LogP) is 2.96. The van der Waals surface area contributed by atoms with Crippen LogP contribution < -0.4 is 10.1 Å². The third-order valence-electron chi connectivity index (χ3n) is 3.76. The second-order valence-corrected chi connectivity index (χ2v) is 5.52. The molecule has 4 heteroatoms. The monoisotopic (exact) mass is 275 g/mol. The zero-order valence-corrected chi connectivity index (χ0v) is 12.5. The van der Waals surface area contributed by atoms with Crippen LogP contribution in [0.4, 0.5) is 0 Å². The first-order valence-electron chi connectivity index (χ1n) is 7.59. The number of ether oxygens (including phenoxy) is 1. The normalized spacial score (nSPS) is 21.9. The third kappa shape index (κ3) is 4.60. The van der Waals surface area contributed by atoms with E-state index in [1.807, 2.05) is 0 Å². The zero-order chi connectivity index (χ0) is 14.2. The van der Waals surface area contributed by atoms with Gasteiger partial charge in [0.1, 0.15) is 0 Å². The van der Waals surface area contributed by atoms with Crippen LogP contribution in [0, 0.1) is 11.8 Å². The second kappa shape index (κ2) is 8.00. The van der Waals surface area contributed by atoms with Gasteiger partial charge in [-0.2, -0.15) is 0 Å². The Kier molecular flexibility index (Phi) is 5.99. The number of allylic oxidation sites excluding steroid dienone is 2. The van der Waals surface area contributed by atoms with Crippen molar-refractivity contribution < 1.29 is 4.74 Å². The molecule has 20 heavy (non-hydrogen) atoms. The molecule has 1 heterocycles. The molecule has 0 saturated heterocycles. The summed E-state index contributed by atoms with van der Waals surface area (Å²) < 4.78 is 5.83. The van der Waals surface area contributed by atoms with Gasteiger partial charge in [-0.1, -0.05) is 26.0 Å². The highest BCUT2D eigenvalue weighted by Gasteiger charge is 2.19. The molecule has 0 spiro atoms. The molecule has 0 aromatic carbocycles. The van der Waals surface area contributed by atoms with Gasteiger partial charge in [0.25, 0.3) is 0 Å². The molecule has 1 aliphatic carbocycles. The molecule has 0 fully saturated rings. The van der Waals surface area contributed by atoms with E-state index in [0.29, 0.717) is 17.7 Å². The number of hydrogen-bond acceptors (Lipinski definition) is 4. The summed E-state index contributed by atoms with van der Waals surface area (Å²) in [6.45, 7) is 6.91. The van der Waals surface area contributed by atoms with E-state index in [1.165, 1.54) is 0 Å². The van der Waals surface area contributed by atoms with Crippen molar-refractivity contribution in [2.45, 2.75) is 39.7 Å². The highest BCUT2D eigenvalue weighted by molar-refractivity contribution is 5.08. The quantitative estimate of drug-likeness (QED) is 0.614. The number of hydrogen-bond donors (Lipinski definition) is 1. The van der Waals surface area contributed by atoms with Gasteiger partial charge < -0.3 is 10.1 Å². The summed E-state index contributed by atoms with van der Waals surface area (Å²) in [5.74, 6) is 1.91. The lowest BCUT2D eigenvalue weighted by molar-refractivity contribution is 0.191. The Hall–Kier alpha value is -1.42. The maximum Gasteiger partial charge on any atom is 0.232 e. The molecule has 2 rings (SSSR count). The Balaban J connectivity index is 1.83. The molecule has 2 atom stereocenters. The van der Waals surface area contributed by atoms with Crippen LogP contribution in [0.3, 0.4) is 0 Å². The van der Waals surface area contributed by atoms with E-state index < -0.39 is 0 Å². The van der Waals surface area contributed by atoms with Crippen molar-refractivity contribution >= 4 is 0 Å². The van der Waals surface area contributed by atoms with Crippen molar-refractivity contribution in [3.8, 4) is 5.88 Å². The largest absolute Gasteiger partial charge is 0.476 e. The fourth-order valence-electron chi connectivity index (χ4n) is 2.37. The van der Waals surface area contributed by atoms with Crippen LogP contribution in [0.5, 0.6) is 5.88 Å². The minimum Gasteiger partial charge on any atom is -0.476 e. The summed E-state index contributed by atoms with van der Waals surface area (Å²) in [6, 6.07) is 0. The number of aromatic nitrogens is 2. The maximum atomic E-state index is 5.83. The molecule has 0 saturated carbocycles. The Labute approximate surface area is 121 Å². The van der Waals surface area contributed by atoms with E-state index in [-0.39, 0.29) is 0 Å². The third-order valence-corrected chi connectivity index (χ3v) is 3.76. The van der Waals surface area contributed by atoms with Crippen molar-refractivity contribution in [1.82, 2.24) is 15.3 Å². The summed E-state index contributed by atoms with van der Waals surface area (Å²) in [6.07, 6.45) is 11.4. The zero-order valence-electron chi connectivity index (χ0n) is 12.5. The van der Waals surface area contributed by atoms with Gasteiger partial charge in [0.2, 0.25) is 5.88 Å². The van der Waals surface area contributed by atoms with Gasteiger partial charge in [0.05, 0.1) is 18.5 Å². The van der Waals surface area contributed by atoms with Crippen molar-refractivity contribution in [3.63, 3.8) is 0 Å². The Morgan fingerprint density at radius 1 is 1.30 bits per heavy atom. The molecule has 0 amide bonds. The SMILES string of the molecule is CCCNCc1cncc(OCC2CC=CCC2C)n1. The van der Waals surface area contributed by atoms with Crippen molar-refractivity contribution in [3.05, 3.63) is 30.2 Å². The van der Waals surface area contributed by atoms with Crippen LogP contribution in [0.25, 0.3) is 0 Å². The van der Waals surface area contributed by atoms with Gasteiger partial charge in [-0.15, -0.1) is 0 Å². The molecule has 0 radical (unpaired) electrons. The number of nitrogens with zero attached hydrogens (tertiary/aromatic N) is 2. The van der Waals surface area contributed by atoms with Crippen LogP contribution in [-0.2, 0) is 6.54 Å². The molecule has 1 aromatic heterocycles. The summed E-state index contributed by atoms with van der Waals surface area (Å²) >= 11 is 0. The lowest BCUT2D eigenvalue weighted by Crippen LogP contribution is -2.21. The molecule has 1 N–H and O–H groups in total. The second-order valence-electron chi connectivity index (χ2n) is 5.52. The van der Waals surface area contributed by atoms with Crippen molar-refractivity contribution in [1.29, 1.82) is 0 Å². The van der Waals surface area contributed by atoms with E-state index in [9.17, 15) is 0 Å². The fourth-order valence-corrected chi connectivity index (χ4v) is 2.37. The molecule has 0 bridgehead atoms. The van der Waals surface area contributed by atoms with Crippen molar-refractivity contribution in [2.24, 2.45) is 11.8 Å². The maximum absolute atomic E-state index is 5.83. The van der Waals surface area contributed by atoms with Crippen LogP contribution in [0.2, 0.25) is 0 Å². The van der Waals surface area contributed by atoms with E-state index in [1.54, 1.807) is 12.4 Å². The molecule has 0 aliphatic heterocycles. The first-order valence-corrected chi connectivity index (χ1v) is 7.59. The Morgan fingerprint density at radius 3 is 2.95 bits per heavy atom. The smallest absolute Gasteiger partial charge is 0.232 e.